The Hall–Kier alpha value is -2.32. The lowest BCUT2D eigenvalue weighted by Crippen LogP contribution is -2.16. The molecule has 0 aliphatic carbocycles. The molecular formula is C16H12N6S2. The summed E-state index contributed by atoms with van der Waals surface area (Å²) in [6, 6.07) is 8.50. The van der Waals surface area contributed by atoms with Crippen molar-refractivity contribution in [3.8, 4) is 0 Å². The smallest absolute Gasteiger partial charge is 0.150 e. The first-order valence-electron chi connectivity index (χ1n) is 7.41. The molecule has 8 heteroatoms. The van der Waals surface area contributed by atoms with Crippen LogP contribution in [0.4, 0.5) is 23.0 Å². The Morgan fingerprint density at radius 2 is 1.33 bits per heavy atom. The van der Waals surface area contributed by atoms with Crippen LogP contribution in [0.25, 0.3) is 0 Å². The number of nitrogens with zero attached hydrogens (tertiary/aromatic N) is 6. The van der Waals surface area contributed by atoms with Crippen LogP contribution in [-0.2, 0) is 0 Å². The Labute approximate surface area is 147 Å². The van der Waals surface area contributed by atoms with Gasteiger partial charge < -0.3 is 9.80 Å². The molecule has 2 aliphatic rings. The highest BCUT2D eigenvalue weighted by Gasteiger charge is 2.26. The number of fused-ring (bicyclic) bond motifs is 2. The maximum Gasteiger partial charge on any atom is 0.150 e. The van der Waals surface area contributed by atoms with E-state index in [0.717, 1.165) is 44.6 Å². The third-order valence-corrected chi connectivity index (χ3v) is 5.95. The molecule has 5 rings (SSSR count). The maximum atomic E-state index is 4.44. The fourth-order valence-corrected chi connectivity index (χ4v) is 4.78. The van der Waals surface area contributed by atoms with E-state index in [1.54, 1.807) is 36.2 Å². The summed E-state index contributed by atoms with van der Waals surface area (Å²) in [5, 5.41) is 0. The molecule has 0 fully saturated rings. The Balaban J connectivity index is 1.52. The van der Waals surface area contributed by atoms with Gasteiger partial charge in [-0.1, -0.05) is 29.6 Å². The number of hydrogen-bond acceptors (Lipinski definition) is 8. The van der Waals surface area contributed by atoms with Crippen molar-refractivity contribution in [3.63, 3.8) is 0 Å². The Morgan fingerprint density at radius 1 is 0.792 bits per heavy atom. The van der Waals surface area contributed by atoms with Crippen molar-refractivity contribution in [2.75, 3.05) is 21.6 Å². The normalized spacial score (nSPS) is 15.5. The van der Waals surface area contributed by atoms with Gasteiger partial charge in [-0.25, -0.2) is 19.9 Å². The van der Waals surface area contributed by atoms with Gasteiger partial charge in [0.2, 0.25) is 0 Å². The van der Waals surface area contributed by atoms with E-state index in [0.29, 0.717) is 0 Å². The molecule has 0 atom stereocenters. The monoisotopic (exact) mass is 352 g/mol. The van der Waals surface area contributed by atoms with Crippen molar-refractivity contribution in [1.29, 1.82) is 0 Å². The molecule has 2 aromatic heterocycles. The molecule has 0 saturated carbocycles. The summed E-state index contributed by atoms with van der Waals surface area (Å²) in [5.41, 5.74) is 2.26. The molecule has 0 radical (unpaired) electrons. The molecule has 0 unspecified atom stereocenters. The molecule has 118 valence electrons. The van der Waals surface area contributed by atoms with E-state index in [1.165, 1.54) is 0 Å². The van der Waals surface area contributed by atoms with Crippen molar-refractivity contribution in [1.82, 2.24) is 19.9 Å². The van der Waals surface area contributed by atoms with E-state index < -0.39 is 0 Å². The van der Waals surface area contributed by atoms with Gasteiger partial charge >= 0.3 is 0 Å². The highest BCUT2D eigenvalue weighted by Crippen LogP contribution is 2.44. The summed E-state index contributed by atoms with van der Waals surface area (Å²) in [5.74, 6) is 3.66. The molecule has 0 N–H and O–H groups in total. The zero-order chi connectivity index (χ0) is 15.9. The average Bonchev–Trinajstić information content (AvgIpc) is 3.26. The number of thioether (sulfide) groups is 2. The fourth-order valence-electron chi connectivity index (χ4n) is 2.84. The third kappa shape index (κ3) is 2.22. The van der Waals surface area contributed by atoms with Crippen LogP contribution in [0.15, 0.2) is 59.1 Å². The molecule has 2 aliphatic heterocycles. The van der Waals surface area contributed by atoms with Gasteiger partial charge in [0.1, 0.15) is 12.7 Å². The van der Waals surface area contributed by atoms with E-state index in [1.807, 2.05) is 12.4 Å². The van der Waals surface area contributed by atoms with Gasteiger partial charge in [0.25, 0.3) is 0 Å². The number of rotatable bonds is 2. The topological polar surface area (TPSA) is 58.0 Å². The Bertz CT molecular complexity index is 848. The van der Waals surface area contributed by atoms with Crippen LogP contribution in [0.3, 0.4) is 0 Å². The lowest BCUT2D eigenvalue weighted by molar-refractivity contribution is 1.03. The highest BCUT2D eigenvalue weighted by molar-refractivity contribution is 8.00. The van der Waals surface area contributed by atoms with Crippen molar-refractivity contribution in [2.24, 2.45) is 0 Å². The van der Waals surface area contributed by atoms with Crippen LogP contribution in [0.5, 0.6) is 0 Å². The number of benzene rings is 1. The average molecular weight is 352 g/mol. The Kier molecular flexibility index (Phi) is 3.30. The summed E-state index contributed by atoms with van der Waals surface area (Å²) in [6.45, 7) is 0. The molecule has 24 heavy (non-hydrogen) atoms. The van der Waals surface area contributed by atoms with Gasteiger partial charge in [0.15, 0.2) is 11.6 Å². The zero-order valence-corrected chi connectivity index (χ0v) is 14.2. The van der Waals surface area contributed by atoms with E-state index in [4.69, 9.17) is 0 Å². The third-order valence-electron chi connectivity index (χ3n) is 3.98. The van der Waals surface area contributed by atoms with Crippen LogP contribution in [0, 0.1) is 0 Å². The zero-order valence-electron chi connectivity index (χ0n) is 12.5. The second kappa shape index (κ2) is 5.64. The Morgan fingerprint density at radius 3 is 1.88 bits per heavy atom. The molecule has 0 spiro atoms. The van der Waals surface area contributed by atoms with Crippen molar-refractivity contribution < 1.29 is 0 Å². The van der Waals surface area contributed by atoms with Crippen LogP contribution < -0.4 is 9.80 Å². The van der Waals surface area contributed by atoms with Gasteiger partial charge in [-0.3, -0.25) is 0 Å². The van der Waals surface area contributed by atoms with Gasteiger partial charge in [0, 0.05) is 23.8 Å². The van der Waals surface area contributed by atoms with Gasteiger partial charge in [-0.15, -0.1) is 0 Å². The van der Waals surface area contributed by atoms with Crippen LogP contribution in [0.1, 0.15) is 0 Å². The fraction of sp³-hybridized carbons (Fsp3) is 0.125. The quantitative estimate of drug-likeness (QED) is 0.692. The predicted molar refractivity (Wildman–Crippen MR) is 96.2 cm³/mol. The van der Waals surface area contributed by atoms with Crippen LogP contribution in [0.2, 0.25) is 0 Å². The highest BCUT2D eigenvalue weighted by atomic mass is 32.2. The maximum absolute atomic E-state index is 4.44. The first kappa shape index (κ1) is 14.1. The van der Waals surface area contributed by atoms with Crippen LogP contribution in [-0.4, -0.2) is 31.7 Å². The van der Waals surface area contributed by atoms with Crippen molar-refractivity contribution in [2.45, 2.75) is 9.79 Å². The molecule has 0 bridgehead atoms. The minimum Gasteiger partial charge on any atom is -0.315 e. The summed E-state index contributed by atoms with van der Waals surface area (Å²) < 4.78 is 0. The predicted octanol–water partition coefficient (Wildman–Crippen LogP) is 3.67. The van der Waals surface area contributed by atoms with Crippen molar-refractivity contribution in [3.05, 3.63) is 49.3 Å². The summed E-state index contributed by atoms with van der Waals surface area (Å²) in [6.07, 6.45) is 6.96. The molecule has 1 aromatic carbocycles. The van der Waals surface area contributed by atoms with E-state index in [2.05, 4.69) is 54.0 Å². The number of anilines is 4. The van der Waals surface area contributed by atoms with Gasteiger partial charge in [-0.05, 0) is 18.2 Å². The van der Waals surface area contributed by atoms with E-state index in [-0.39, 0.29) is 0 Å². The van der Waals surface area contributed by atoms with Crippen molar-refractivity contribution >= 4 is 46.5 Å². The number of hydrogen-bond donors (Lipinski definition) is 0. The summed E-state index contributed by atoms with van der Waals surface area (Å²) >= 11 is 3.52. The first-order chi connectivity index (χ1) is 11.9. The molecule has 0 amide bonds. The van der Waals surface area contributed by atoms with Crippen LogP contribution >= 0.6 is 23.5 Å². The standard InChI is InChI=1S/C16H12N6S2/c1-2-11(21-9-23-13-5-17-7-19-15(13)21)4-12(3-1)22-10-24-14-6-18-8-20-16(14)22/h1-8H,9-10H2. The van der Waals surface area contributed by atoms with E-state index in [9.17, 15) is 0 Å². The molecular weight excluding hydrogens is 340 g/mol. The lowest BCUT2D eigenvalue weighted by atomic mass is 10.2. The second-order valence-electron chi connectivity index (χ2n) is 5.34. The minimum absolute atomic E-state index is 0.852. The minimum atomic E-state index is 0.852. The molecule has 6 nitrogen and oxygen atoms in total. The number of aromatic nitrogens is 4. The van der Waals surface area contributed by atoms with E-state index >= 15 is 0 Å². The lowest BCUT2D eigenvalue weighted by Gasteiger charge is -2.22. The SMILES string of the molecule is c1cc(N2CSc3cncnc32)cc(N2CSc3cncnc32)c1. The molecule has 4 heterocycles. The molecule has 0 saturated heterocycles. The largest absolute Gasteiger partial charge is 0.315 e. The van der Waals surface area contributed by atoms with Gasteiger partial charge in [-0.2, -0.15) is 0 Å². The molecule has 3 aromatic rings. The summed E-state index contributed by atoms with van der Waals surface area (Å²) in [7, 11) is 0. The first-order valence-corrected chi connectivity index (χ1v) is 9.38. The second-order valence-corrected chi connectivity index (χ2v) is 7.32. The summed E-state index contributed by atoms with van der Waals surface area (Å²) in [4.78, 5) is 23.8. The van der Waals surface area contributed by atoms with Gasteiger partial charge in [0.05, 0.1) is 21.5 Å².